The van der Waals surface area contributed by atoms with Gasteiger partial charge in [0.15, 0.2) is 17.5 Å². The first-order valence-corrected chi connectivity index (χ1v) is 4.42. The summed E-state index contributed by atoms with van der Waals surface area (Å²) in [6.45, 7) is -0.0294. The zero-order valence-electron chi connectivity index (χ0n) is 8.03. The normalized spacial score (nSPS) is 9.64. The van der Waals surface area contributed by atoms with Gasteiger partial charge in [-0.2, -0.15) is 0 Å². The van der Waals surface area contributed by atoms with E-state index in [1.54, 1.807) is 32.4 Å². The van der Waals surface area contributed by atoms with Gasteiger partial charge in [-0.15, -0.1) is 0 Å². The van der Waals surface area contributed by atoms with Crippen molar-refractivity contribution in [3.8, 4) is 5.75 Å². The predicted molar refractivity (Wildman–Crippen MR) is 53.4 cm³/mol. The largest absolute Gasteiger partial charge is 0.481 e. The van der Waals surface area contributed by atoms with E-state index in [1.165, 1.54) is 4.90 Å². The van der Waals surface area contributed by atoms with Crippen molar-refractivity contribution in [2.75, 3.05) is 20.7 Å². The zero-order chi connectivity index (χ0) is 10.6. The molecule has 0 aliphatic rings. The number of aromatic nitrogens is 1. The minimum Gasteiger partial charge on any atom is -0.481 e. The molecule has 1 rings (SSSR count). The molecule has 0 saturated heterocycles. The Labute approximate surface area is 87.4 Å². The fourth-order valence-electron chi connectivity index (χ4n) is 0.748. The molecule has 0 bridgehead atoms. The fraction of sp³-hybridized carbons (Fsp3) is 0.333. The summed E-state index contributed by atoms with van der Waals surface area (Å²) >= 11 is 5.73. The van der Waals surface area contributed by atoms with Crippen LogP contribution in [0.1, 0.15) is 0 Å². The Hall–Kier alpha value is -1.29. The van der Waals surface area contributed by atoms with Crippen molar-refractivity contribution in [2.45, 2.75) is 0 Å². The van der Waals surface area contributed by atoms with Crippen molar-refractivity contribution < 1.29 is 9.53 Å². The Bertz CT molecular complexity index is 328. The lowest BCUT2D eigenvalue weighted by Gasteiger charge is -2.11. The van der Waals surface area contributed by atoms with Gasteiger partial charge in [0, 0.05) is 20.3 Å². The van der Waals surface area contributed by atoms with Crippen molar-refractivity contribution in [1.29, 1.82) is 0 Å². The quantitative estimate of drug-likeness (QED) is 0.711. The first-order chi connectivity index (χ1) is 6.61. The van der Waals surface area contributed by atoms with Crippen molar-refractivity contribution in [3.05, 3.63) is 23.5 Å². The molecule has 0 N–H and O–H groups in total. The number of carbonyl (C=O) groups excluding carboxylic acids is 1. The van der Waals surface area contributed by atoms with E-state index >= 15 is 0 Å². The summed E-state index contributed by atoms with van der Waals surface area (Å²) in [4.78, 5) is 16.4. The molecule has 1 heterocycles. The SMILES string of the molecule is CN(C)C(=O)COc1cccnc1Cl. The summed E-state index contributed by atoms with van der Waals surface area (Å²) in [5.74, 6) is 0.300. The van der Waals surface area contributed by atoms with E-state index in [0.29, 0.717) is 5.75 Å². The highest BCUT2D eigenvalue weighted by Crippen LogP contribution is 2.19. The average Bonchev–Trinajstić information content (AvgIpc) is 2.16. The smallest absolute Gasteiger partial charge is 0.259 e. The monoisotopic (exact) mass is 214 g/mol. The van der Waals surface area contributed by atoms with Crippen LogP contribution in [0.5, 0.6) is 5.75 Å². The lowest BCUT2D eigenvalue weighted by molar-refractivity contribution is -0.130. The van der Waals surface area contributed by atoms with Gasteiger partial charge in [0.05, 0.1) is 0 Å². The van der Waals surface area contributed by atoms with Crippen LogP contribution in [0, 0.1) is 0 Å². The number of hydrogen-bond acceptors (Lipinski definition) is 3. The van der Waals surface area contributed by atoms with Gasteiger partial charge in [-0.05, 0) is 12.1 Å². The molecule has 0 aliphatic carbocycles. The minimum absolute atomic E-state index is 0.0294. The van der Waals surface area contributed by atoms with E-state index in [-0.39, 0.29) is 17.7 Å². The van der Waals surface area contributed by atoms with E-state index in [9.17, 15) is 4.79 Å². The molecule has 76 valence electrons. The third kappa shape index (κ3) is 2.88. The molecule has 5 heteroatoms. The van der Waals surface area contributed by atoms with Crippen LogP contribution in [0.15, 0.2) is 18.3 Å². The molecule has 1 amide bonds. The summed E-state index contributed by atoms with van der Waals surface area (Å²) in [7, 11) is 3.33. The molecule has 4 nitrogen and oxygen atoms in total. The van der Waals surface area contributed by atoms with Crippen molar-refractivity contribution >= 4 is 17.5 Å². The fourth-order valence-corrected chi connectivity index (χ4v) is 0.921. The van der Waals surface area contributed by atoms with Crippen LogP contribution < -0.4 is 4.74 Å². The second-order valence-corrected chi connectivity index (χ2v) is 3.23. The van der Waals surface area contributed by atoms with Crippen molar-refractivity contribution in [2.24, 2.45) is 0 Å². The Morgan fingerprint density at radius 3 is 2.93 bits per heavy atom. The molecule has 0 spiro atoms. The molecule has 1 aromatic heterocycles. The molecule has 1 aromatic rings. The first kappa shape index (κ1) is 10.8. The number of nitrogens with zero attached hydrogens (tertiary/aromatic N) is 2. The minimum atomic E-state index is -0.120. The third-order valence-electron chi connectivity index (χ3n) is 1.57. The first-order valence-electron chi connectivity index (χ1n) is 4.04. The number of carbonyl (C=O) groups is 1. The number of halogens is 1. The van der Waals surface area contributed by atoms with Gasteiger partial charge in [0.25, 0.3) is 5.91 Å². The molecular formula is C9H11ClN2O2. The van der Waals surface area contributed by atoms with Gasteiger partial charge in [-0.1, -0.05) is 11.6 Å². The van der Waals surface area contributed by atoms with Crippen LogP contribution in [0.3, 0.4) is 0 Å². The van der Waals surface area contributed by atoms with Crippen LogP contribution >= 0.6 is 11.6 Å². The highest BCUT2D eigenvalue weighted by molar-refractivity contribution is 6.30. The van der Waals surface area contributed by atoms with Crippen LogP contribution in [0.25, 0.3) is 0 Å². The van der Waals surface area contributed by atoms with Crippen LogP contribution in [-0.2, 0) is 4.79 Å². The highest BCUT2D eigenvalue weighted by atomic mass is 35.5. The standard InChI is InChI=1S/C9H11ClN2O2/c1-12(2)8(13)6-14-7-4-3-5-11-9(7)10/h3-5H,6H2,1-2H3. The van der Waals surface area contributed by atoms with Crippen LogP contribution in [0.4, 0.5) is 0 Å². The molecule has 0 saturated carbocycles. The van der Waals surface area contributed by atoms with E-state index in [1.807, 2.05) is 0 Å². The number of likely N-dealkylation sites (N-methyl/N-ethyl adjacent to an activating group) is 1. The van der Waals surface area contributed by atoms with Crippen LogP contribution in [0.2, 0.25) is 5.15 Å². The lowest BCUT2D eigenvalue weighted by atomic mass is 10.4. The molecule has 0 aromatic carbocycles. The highest BCUT2D eigenvalue weighted by Gasteiger charge is 2.06. The number of hydrogen-bond donors (Lipinski definition) is 0. The topological polar surface area (TPSA) is 42.4 Å². The summed E-state index contributed by atoms with van der Waals surface area (Å²) < 4.78 is 5.17. The van der Waals surface area contributed by atoms with Gasteiger partial charge < -0.3 is 9.64 Å². The number of rotatable bonds is 3. The van der Waals surface area contributed by atoms with Gasteiger partial charge in [0.2, 0.25) is 0 Å². The summed E-state index contributed by atoms with van der Waals surface area (Å²) in [5.41, 5.74) is 0. The van der Waals surface area contributed by atoms with Crippen molar-refractivity contribution in [1.82, 2.24) is 9.88 Å². The molecule has 0 aliphatic heterocycles. The maximum Gasteiger partial charge on any atom is 0.259 e. The van der Waals surface area contributed by atoms with E-state index in [4.69, 9.17) is 16.3 Å². The van der Waals surface area contributed by atoms with E-state index in [0.717, 1.165) is 0 Å². The lowest BCUT2D eigenvalue weighted by Crippen LogP contribution is -2.27. The molecule has 0 unspecified atom stereocenters. The number of amides is 1. The molecule has 0 fully saturated rings. The maximum atomic E-state index is 11.2. The zero-order valence-corrected chi connectivity index (χ0v) is 8.78. The van der Waals surface area contributed by atoms with E-state index in [2.05, 4.69) is 4.98 Å². The number of ether oxygens (including phenoxy) is 1. The van der Waals surface area contributed by atoms with Gasteiger partial charge in [-0.25, -0.2) is 4.98 Å². The molecular weight excluding hydrogens is 204 g/mol. The maximum absolute atomic E-state index is 11.2. The Morgan fingerprint density at radius 2 is 2.36 bits per heavy atom. The van der Waals surface area contributed by atoms with E-state index < -0.39 is 0 Å². The summed E-state index contributed by atoms with van der Waals surface area (Å²) in [6.07, 6.45) is 1.56. The second-order valence-electron chi connectivity index (χ2n) is 2.87. The van der Waals surface area contributed by atoms with Gasteiger partial charge in [-0.3, -0.25) is 4.79 Å². The predicted octanol–water partition coefficient (Wildman–Crippen LogP) is 1.20. The molecule has 0 radical (unpaired) electrons. The Balaban J connectivity index is 2.54. The van der Waals surface area contributed by atoms with Gasteiger partial charge >= 0.3 is 0 Å². The average molecular weight is 215 g/mol. The Morgan fingerprint density at radius 1 is 1.64 bits per heavy atom. The van der Waals surface area contributed by atoms with Gasteiger partial charge in [0.1, 0.15) is 0 Å². The van der Waals surface area contributed by atoms with Crippen molar-refractivity contribution in [3.63, 3.8) is 0 Å². The van der Waals surface area contributed by atoms with Crippen LogP contribution in [-0.4, -0.2) is 36.5 Å². The Kier molecular flexibility index (Phi) is 3.71. The molecule has 14 heavy (non-hydrogen) atoms. The second kappa shape index (κ2) is 4.81. The third-order valence-corrected chi connectivity index (χ3v) is 1.86. The molecule has 0 atom stereocenters. The number of pyridine rings is 1. The summed E-state index contributed by atoms with van der Waals surface area (Å²) in [6, 6.07) is 3.36. The summed E-state index contributed by atoms with van der Waals surface area (Å²) in [5, 5.41) is 0.263.